The number of aryl methyl sites for hydroxylation is 2. The average molecular weight is 560 g/mol. The van der Waals surface area contributed by atoms with Gasteiger partial charge in [-0.3, -0.25) is 28.7 Å². The van der Waals surface area contributed by atoms with Gasteiger partial charge >= 0.3 is 11.4 Å². The minimum Gasteiger partial charge on any atom is -0.394 e. The SMILES string of the molecule is Cc1cn([C@H]2C[C@H](NP(O)(=S)OC[C@H]3O[C@@H](n4cc(C)c(=O)[nH]c4=O)C[C@@H]3C)[C@@H](CO)O2)c(=O)[nH]c1=O. The highest BCUT2D eigenvalue weighted by atomic mass is 32.5. The van der Waals surface area contributed by atoms with Crippen LogP contribution in [0.4, 0.5) is 0 Å². The summed E-state index contributed by atoms with van der Waals surface area (Å²) in [4.78, 5) is 63.0. The van der Waals surface area contributed by atoms with Crippen molar-refractivity contribution in [1.29, 1.82) is 0 Å². The topological polar surface area (TPSA) is 190 Å². The number of H-pyrrole nitrogens is 2. The van der Waals surface area contributed by atoms with Crippen LogP contribution in [0.2, 0.25) is 0 Å². The van der Waals surface area contributed by atoms with Gasteiger partial charge in [0.2, 0.25) is 0 Å². The molecule has 2 aromatic rings. The zero-order valence-corrected chi connectivity index (χ0v) is 22.2. The summed E-state index contributed by atoms with van der Waals surface area (Å²) >= 11 is 5.28. The standard InChI is InChI=1S/C21H30N5O9PS/c1-10-4-16(25-6-11(2)18(28)22-20(25)30)35-15(10)9-33-36(32,37)24-13-5-17(34-14(13)8-27)26-7-12(3)19(29)23-21(26)31/h6-7,10,13-17,27H,4-5,8-9H2,1-3H3,(H,22,28,30)(H,23,29,31)(H2,24,32,37)/t10-,13-,14+,15+,16+,17+,36?/m0/s1. The molecule has 4 heterocycles. The van der Waals surface area contributed by atoms with Crippen LogP contribution in [0.3, 0.4) is 0 Å². The molecule has 0 aromatic carbocycles. The molecule has 0 radical (unpaired) electrons. The number of nitrogens with one attached hydrogen (secondary N) is 3. The van der Waals surface area contributed by atoms with E-state index in [0.717, 1.165) is 0 Å². The second-order valence-electron chi connectivity index (χ2n) is 9.40. The third-order valence-corrected chi connectivity index (χ3v) is 8.40. The molecule has 0 saturated carbocycles. The Balaban J connectivity index is 1.39. The Hall–Kier alpha value is -2.23. The van der Waals surface area contributed by atoms with E-state index in [1.54, 1.807) is 13.8 Å². The molecule has 2 fully saturated rings. The van der Waals surface area contributed by atoms with Crippen molar-refractivity contribution in [1.82, 2.24) is 24.2 Å². The first-order valence-electron chi connectivity index (χ1n) is 11.7. The molecule has 0 spiro atoms. The minimum absolute atomic E-state index is 0.0427. The number of nitrogens with zero attached hydrogens (tertiary/aromatic N) is 2. The van der Waals surface area contributed by atoms with Gasteiger partial charge in [0.25, 0.3) is 17.8 Å². The van der Waals surface area contributed by atoms with Crippen molar-refractivity contribution in [2.24, 2.45) is 5.92 Å². The van der Waals surface area contributed by atoms with E-state index in [4.69, 9.17) is 25.8 Å². The van der Waals surface area contributed by atoms with E-state index in [1.807, 2.05) is 6.92 Å². The van der Waals surface area contributed by atoms with Gasteiger partial charge in [-0.1, -0.05) is 6.92 Å². The Kier molecular flexibility index (Phi) is 8.16. The highest BCUT2D eigenvalue weighted by Crippen LogP contribution is 2.43. The molecular weight excluding hydrogens is 529 g/mol. The largest absolute Gasteiger partial charge is 0.394 e. The summed E-state index contributed by atoms with van der Waals surface area (Å²) in [6.45, 7) is 1.00. The van der Waals surface area contributed by atoms with Crippen molar-refractivity contribution in [2.75, 3.05) is 13.2 Å². The van der Waals surface area contributed by atoms with Crippen LogP contribution in [-0.4, -0.2) is 60.6 Å². The maximum Gasteiger partial charge on any atom is 0.330 e. The zero-order valence-electron chi connectivity index (χ0n) is 20.4. The minimum atomic E-state index is -3.58. The molecule has 204 valence electrons. The molecule has 7 atom stereocenters. The molecule has 16 heteroatoms. The number of aromatic nitrogens is 4. The highest BCUT2D eigenvalue weighted by molar-refractivity contribution is 8.08. The lowest BCUT2D eigenvalue weighted by Crippen LogP contribution is -2.37. The number of ether oxygens (including phenoxy) is 2. The van der Waals surface area contributed by atoms with Crippen molar-refractivity contribution < 1.29 is 24.0 Å². The zero-order chi connectivity index (χ0) is 27.1. The first kappa shape index (κ1) is 27.8. The summed E-state index contributed by atoms with van der Waals surface area (Å²) in [5.41, 5.74) is -1.50. The second kappa shape index (κ2) is 10.9. The van der Waals surface area contributed by atoms with E-state index in [2.05, 4.69) is 15.1 Å². The van der Waals surface area contributed by atoms with Crippen LogP contribution >= 0.6 is 6.64 Å². The van der Waals surface area contributed by atoms with Gasteiger partial charge < -0.3 is 24.0 Å². The van der Waals surface area contributed by atoms with Gasteiger partial charge in [0, 0.05) is 36.0 Å². The summed E-state index contributed by atoms with van der Waals surface area (Å²) in [5, 5.41) is 12.6. The van der Waals surface area contributed by atoms with Gasteiger partial charge in [0.15, 0.2) is 0 Å². The van der Waals surface area contributed by atoms with Crippen LogP contribution in [0.1, 0.15) is 43.3 Å². The van der Waals surface area contributed by atoms with Crippen molar-refractivity contribution in [3.05, 3.63) is 65.2 Å². The number of hydrogen-bond donors (Lipinski definition) is 5. The predicted molar refractivity (Wildman–Crippen MR) is 135 cm³/mol. The van der Waals surface area contributed by atoms with Gasteiger partial charge in [-0.05, 0) is 38.0 Å². The Labute approximate surface area is 215 Å². The molecule has 2 aliphatic heterocycles. The van der Waals surface area contributed by atoms with Gasteiger partial charge in [-0.2, -0.15) is 0 Å². The monoisotopic (exact) mass is 559 g/mol. The molecule has 5 N–H and O–H groups in total. The molecule has 0 aliphatic carbocycles. The van der Waals surface area contributed by atoms with Crippen LogP contribution in [0.5, 0.6) is 0 Å². The first-order chi connectivity index (χ1) is 17.4. The lowest BCUT2D eigenvalue weighted by molar-refractivity contribution is -0.0301. The lowest BCUT2D eigenvalue weighted by Gasteiger charge is -2.25. The molecule has 2 aromatic heterocycles. The van der Waals surface area contributed by atoms with Crippen LogP contribution in [-0.2, 0) is 25.8 Å². The molecule has 2 saturated heterocycles. The van der Waals surface area contributed by atoms with Crippen molar-refractivity contribution >= 4 is 18.4 Å². The van der Waals surface area contributed by atoms with Crippen molar-refractivity contribution in [3.63, 3.8) is 0 Å². The number of aliphatic hydroxyl groups is 1. The Morgan fingerprint density at radius 3 is 2.08 bits per heavy atom. The maximum absolute atomic E-state index is 12.2. The van der Waals surface area contributed by atoms with E-state index in [9.17, 15) is 29.2 Å². The van der Waals surface area contributed by atoms with Crippen LogP contribution in [0.25, 0.3) is 0 Å². The molecule has 4 rings (SSSR count). The van der Waals surface area contributed by atoms with Gasteiger partial charge in [-0.25, -0.2) is 14.7 Å². The third kappa shape index (κ3) is 6.10. The smallest absolute Gasteiger partial charge is 0.330 e. The molecule has 14 nitrogen and oxygen atoms in total. The van der Waals surface area contributed by atoms with Crippen molar-refractivity contribution in [2.45, 2.75) is 64.3 Å². The van der Waals surface area contributed by atoms with Gasteiger partial charge in [-0.15, -0.1) is 0 Å². The van der Waals surface area contributed by atoms with Crippen LogP contribution in [0, 0.1) is 19.8 Å². The lowest BCUT2D eigenvalue weighted by atomic mass is 10.0. The van der Waals surface area contributed by atoms with Gasteiger partial charge in [0.1, 0.15) is 12.5 Å². The van der Waals surface area contributed by atoms with E-state index < -0.39 is 66.5 Å². The molecule has 0 bridgehead atoms. The molecule has 37 heavy (non-hydrogen) atoms. The quantitative estimate of drug-likeness (QED) is 0.252. The normalized spacial score (nSPS) is 29.4. The predicted octanol–water partition coefficient (Wildman–Crippen LogP) is -0.901. The van der Waals surface area contributed by atoms with Crippen LogP contribution < -0.4 is 27.6 Å². The fraction of sp³-hybridized carbons (Fsp3) is 0.619. The number of rotatable bonds is 8. The summed E-state index contributed by atoms with van der Waals surface area (Å²) in [6, 6.07) is -0.637. The Morgan fingerprint density at radius 1 is 1.03 bits per heavy atom. The average Bonchev–Trinajstić information content (AvgIpc) is 3.39. The number of hydrogen-bond acceptors (Lipinski definition) is 9. The van der Waals surface area contributed by atoms with E-state index in [1.165, 1.54) is 21.5 Å². The van der Waals surface area contributed by atoms with E-state index in [-0.39, 0.29) is 18.9 Å². The molecule has 0 amide bonds. The molecule has 2 aliphatic rings. The Morgan fingerprint density at radius 2 is 1.54 bits per heavy atom. The number of aromatic amines is 2. The third-order valence-electron chi connectivity index (χ3n) is 6.61. The summed E-state index contributed by atoms with van der Waals surface area (Å²) in [6.07, 6.45) is 0.793. The summed E-state index contributed by atoms with van der Waals surface area (Å²) in [7, 11) is 0. The Bertz CT molecular complexity index is 1430. The second-order valence-corrected chi connectivity index (χ2v) is 12.4. The van der Waals surface area contributed by atoms with E-state index >= 15 is 0 Å². The van der Waals surface area contributed by atoms with Crippen molar-refractivity contribution in [3.8, 4) is 0 Å². The molecular formula is C21H30N5O9PS. The fourth-order valence-electron chi connectivity index (χ4n) is 4.47. The highest BCUT2D eigenvalue weighted by Gasteiger charge is 2.40. The van der Waals surface area contributed by atoms with E-state index in [0.29, 0.717) is 17.5 Å². The number of aliphatic hydroxyl groups excluding tert-OH is 1. The molecule has 1 unspecified atom stereocenters. The fourth-order valence-corrected chi connectivity index (χ4v) is 6.17. The summed E-state index contributed by atoms with van der Waals surface area (Å²) < 4.78 is 19.9. The van der Waals surface area contributed by atoms with Crippen LogP contribution in [0.15, 0.2) is 31.6 Å². The first-order valence-corrected chi connectivity index (χ1v) is 14.4. The summed E-state index contributed by atoms with van der Waals surface area (Å²) in [5.74, 6) is -0.0427. The van der Waals surface area contributed by atoms with Gasteiger partial charge in [0.05, 0.1) is 25.4 Å². The maximum atomic E-state index is 12.2.